The van der Waals surface area contributed by atoms with Crippen LogP contribution in [0.4, 0.5) is 0 Å². The Kier molecular flexibility index (Phi) is 54.3. The molecule has 16 nitrogen and oxygen atoms in total. The number of esters is 5. The van der Waals surface area contributed by atoms with E-state index in [1.807, 2.05) is 40.3 Å². The van der Waals surface area contributed by atoms with Crippen molar-refractivity contribution in [1.82, 2.24) is 5.32 Å². The van der Waals surface area contributed by atoms with Crippen LogP contribution in [0.3, 0.4) is 0 Å². The highest BCUT2D eigenvalue weighted by Gasteiger charge is 2.29. The van der Waals surface area contributed by atoms with Crippen molar-refractivity contribution in [3.63, 3.8) is 0 Å². The largest absolute Gasteiger partial charge is 1.00 e. The Hall–Kier alpha value is -3.28. The van der Waals surface area contributed by atoms with Crippen LogP contribution in [-0.2, 0) is 52.5 Å². The first-order valence-corrected chi connectivity index (χ1v) is 30.7. The predicted octanol–water partition coefficient (Wildman–Crippen LogP) is 5.11. The molecule has 3 N–H and O–H groups in total. The molecule has 0 rings (SSSR count). The van der Waals surface area contributed by atoms with Gasteiger partial charge >= 0.3 is 29.8 Å². The van der Waals surface area contributed by atoms with E-state index in [0.717, 1.165) is 154 Å². The Morgan fingerprint density at radius 2 is 0.838 bits per heavy atom. The molecule has 80 heavy (non-hydrogen) atoms. The number of likely N-dealkylation sites (N-methyl/N-ethyl adjacent to an activating group) is 2. The first-order chi connectivity index (χ1) is 37.3. The molecular formula is C62H115Cl2N3O13. The minimum Gasteiger partial charge on any atom is -1.00 e. The molecule has 470 valence electrons. The van der Waals surface area contributed by atoms with E-state index in [1.165, 1.54) is 33.1 Å². The van der Waals surface area contributed by atoms with Gasteiger partial charge < -0.3 is 73.0 Å². The molecule has 0 fully saturated rings. The van der Waals surface area contributed by atoms with Crippen LogP contribution in [0.5, 0.6) is 0 Å². The average molecular weight is 1180 g/mol. The van der Waals surface area contributed by atoms with Gasteiger partial charge in [-0.1, -0.05) is 141 Å². The number of hydrogen-bond donors (Lipinski definition) is 3. The maximum absolute atomic E-state index is 12.8. The van der Waals surface area contributed by atoms with Crippen LogP contribution < -0.4 is 30.1 Å². The van der Waals surface area contributed by atoms with Crippen molar-refractivity contribution >= 4 is 35.8 Å². The number of ether oxygens (including phenoxy) is 5. The van der Waals surface area contributed by atoms with Gasteiger partial charge in [0.15, 0.2) is 13.1 Å². The lowest BCUT2D eigenvalue weighted by Crippen LogP contribution is -3.00. The highest BCUT2D eigenvalue weighted by Crippen LogP contribution is 2.18. The molecule has 0 aliphatic heterocycles. The van der Waals surface area contributed by atoms with Crippen molar-refractivity contribution in [2.24, 2.45) is 0 Å². The van der Waals surface area contributed by atoms with Gasteiger partial charge in [-0.25, -0.2) is 9.59 Å². The van der Waals surface area contributed by atoms with E-state index in [4.69, 9.17) is 23.7 Å². The Morgan fingerprint density at radius 3 is 1.26 bits per heavy atom. The quantitative estimate of drug-likeness (QED) is 0.0239. The van der Waals surface area contributed by atoms with Crippen LogP contribution >= 0.6 is 0 Å². The number of quaternary nitrogens is 2. The molecule has 0 aromatic heterocycles. The SMILES string of the molecule is CCCCCC(OC(=O)C[N+](C)(C)CCOC(C)=O)C(O)C/C=C\CCCCCCCC(=O)NCCCCCCCCCCOC(=O)CCCCCCC/C=C\CC(O)C(CCCCC)OC(=O)C[N+](C)(C)CCOC(C)=O.[Cl-].[Cl-]. The summed E-state index contributed by atoms with van der Waals surface area (Å²) in [5, 5.41) is 24.9. The van der Waals surface area contributed by atoms with Gasteiger partial charge in [0, 0.05) is 33.2 Å². The summed E-state index contributed by atoms with van der Waals surface area (Å²) in [6, 6.07) is 0. The number of aliphatic hydroxyl groups is 2. The Labute approximate surface area is 498 Å². The summed E-state index contributed by atoms with van der Waals surface area (Å²) in [4.78, 5) is 72.3. The minimum absolute atomic E-state index is 0. The molecular weight excluding hydrogens is 1070 g/mol. The smallest absolute Gasteiger partial charge is 0.362 e. The van der Waals surface area contributed by atoms with Crippen molar-refractivity contribution < 1.29 is 96.4 Å². The van der Waals surface area contributed by atoms with Crippen LogP contribution in [0.15, 0.2) is 24.3 Å². The molecule has 0 aromatic rings. The first-order valence-electron chi connectivity index (χ1n) is 30.7. The fourth-order valence-electron chi connectivity index (χ4n) is 9.01. The highest BCUT2D eigenvalue weighted by atomic mass is 35.5. The van der Waals surface area contributed by atoms with E-state index in [9.17, 15) is 39.0 Å². The van der Waals surface area contributed by atoms with Crippen LogP contribution in [0.1, 0.15) is 233 Å². The zero-order valence-electron chi connectivity index (χ0n) is 51.4. The highest BCUT2D eigenvalue weighted by molar-refractivity contribution is 5.75. The van der Waals surface area contributed by atoms with Gasteiger partial charge in [0.1, 0.15) is 38.5 Å². The van der Waals surface area contributed by atoms with E-state index >= 15 is 0 Å². The second-order valence-electron chi connectivity index (χ2n) is 22.9. The molecule has 18 heteroatoms. The molecule has 0 aromatic carbocycles. The summed E-state index contributed by atoms with van der Waals surface area (Å²) in [6.07, 6.45) is 35.4. The van der Waals surface area contributed by atoms with E-state index in [-0.39, 0.29) is 86.9 Å². The Bertz CT molecular complexity index is 1520. The van der Waals surface area contributed by atoms with Crippen molar-refractivity contribution in [3.8, 4) is 0 Å². The molecule has 0 aliphatic carbocycles. The van der Waals surface area contributed by atoms with Gasteiger partial charge in [-0.2, -0.15) is 0 Å². The van der Waals surface area contributed by atoms with Gasteiger partial charge in [-0.3, -0.25) is 19.2 Å². The number of carbonyl (C=O) groups is 6. The lowest BCUT2D eigenvalue weighted by atomic mass is 10.0. The summed E-state index contributed by atoms with van der Waals surface area (Å²) in [5.41, 5.74) is 0. The topological polar surface area (TPSA) is 201 Å². The number of allylic oxidation sites excluding steroid dienone is 2. The number of nitrogens with one attached hydrogen (secondary N) is 1. The summed E-state index contributed by atoms with van der Waals surface area (Å²) in [6.45, 7) is 9.90. The van der Waals surface area contributed by atoms with Gasteiger partial charge in [0.05, 0.1) is 47.0 Å². The molecule has 0 aliphatic rings. The minimum atomic E-state index is -0.765. The first kappa shape index (κ1) is 80.9. The summed E-state index contributed by atoms with van der Waals surface area (Å²) < 4.78 is 27.7. The third-order valence-electron chi connectivity index (χ3n) is 14.0. The van der Waals surface area contributed by atoms with Crippen molar-refractivity contribution in [2.45, 2.75) is 258 Å². The van der Waals surface area contributed by atoms with Crippen LogP contribution in [-0.4, -0.2) is 160 Å². The number of amides is 1. The van der Waals surface area contributed by atoms with Gasteiger partial charge in [-0.15, -0.1) is 0 Å². The monoisotopic (exact) mass is 1180 g/mol. The summed E-state index contributed by atoms with van der Waals surface area (Å²) in [7, 11) is 7.55. The number of unbranched alkanes of at least 4 members (excludes halogenated alkanes) is 21. The van der Waals surface area contributed by atoms with Crippen LogP contribution in [0.25, 0.3) is 0 Å². The molecule has 0 spiro atoms. The van der Waals surface area contributed by atoms with E-state index in [1.54, 1.807) is 0 Å². The molecule has 4 unspecified atom stereocenters. The third-order valence-corrected chi connectivity index (χ3v) is 14.0. The number of nitrogens with zero attached hydrogens (tertiary/aromatic N) is 2. The van der Waals surface area contributed by atoms with E-state index in [2.05, 4.69) is 31.3 Å². The maximum atomic E-state index is 12.8. The lowest BCUT2D eigenvalue weighted by Gasteiger charge is -2.30. The second-order valence-corrected chi connectivity index (χ2v) is 22.9. The Balaban J connectivity index is -0.0000296. The normalized spacial score (nSPS) is 13.2. The predicted molar refractivity (Wildman–Crippen MR) is 310 cm³/mol. The van der Waals surface area contributed by atoms with Crippen LogP contribution in [0.2, 0.25) is 0 Å². The molecule has 0 saturated heterocycles. The Morgan fingerprint density at radius 1 is 0.450 bits per heavy atom. The number of halogens is 2. The van der Waals surface area contributed by atoms with Gasteiger partial charge in [-0.05, 0) is 89.9 Å². The lowest BCUT2D eigenvalue weighted by molar-refractivity contribution is -0.883. The third kappa shape index (κ3) is 52.8. The van der Waals surface area contributed by atoms with E-state index in [0.29, 0.717) is 67.2 Å². The maximum Gasteiger partial charge on any atom is 0.362 e. The van der Waals surface area contributed by atoms with Crippen molar-refractivity contribution in [3.05, 3.63) is 24.3 Å². The molecule has 0 heterocycles. The van der Waals surface area contributed by atoms with Crippen LogP contribution in [0, 0.1) is 0 Å². The summed E-state index contributed by atoms with van der Waals surface area (Å²) in [5.74, 6) is -1.38. The van der Waals surface area contributed by atoms with Gasteiger partial charge in [0.25, 0.3) is 0 Å². The molecule has 0 saturated carbocycles. The number of rotatable bonds is 53. The van der Waals surface area contributed by atoms with E-state index < -0.39 is 24.4 Å². The van der Waals surface area contributed by atoms with Crippen molar-refractivity contribution in [1.29, 1.82) is 0 Å². The zero-order valence-corrected chi connectivity index (χ0v) is 53.0. The number of hydrogen-bond acceptors (Lipinski definition) is 13. The average Bonchev–Trinajstić information content (AvgIpc) is 3.36. The molecule has 0 bridgehead atoms. The molecule has 4 atom stereocenters. The second kappa shape index (κ2) is 53.7. The fraction of sp³-hybridized carbons (Fsp3) is 0.839. The molecule has 0 radical (unpaired) electrons. The van der Waals surface area contributed by atoms with Gasteiger partial charge in [0.2, 0.25) is 5.91 Å². The number of carbonyl (C=O) groups excluding carboxylic acids is 6. The fourth-order valence-corrected chi connectivity index (χ4v) is 9.01. The number of aliphatic hydroxyl groups excluding tert-OH is 2. The standard InChI is InChI=1S/C62H114N3O13.2ClH/c1-9-11-31-41-57(77-61(72)51-64(5,6)46-49-74-53(3)66)55(68)39-33-25-19-13-15-21-27-35-43-59(70)63-45-37-29-23-17-18-24-30-38-48-76-60(71)44-36-28-22-16-14-20-26-34-40-56(69)58(42-32-12-10-2)78-62(73)52-65(7,8)47-50-75-54(4)67;;/h25-26,33-34,55-58,68-69H,9-24,27-32,35-52H2,1-8H3;2*1H/q+1;;/p-1/b33-25-,34-26-;;. The van der Waals surface area contributed by atoms with Crippen molar-refractivity contribution in [2.75, 3.05) is 80.7 Å². The zero-order chi connectivity index (χ0) is 58.1. The molecule has 1 amide bonds. The summed E-state index contributed by atoms with van der Waals surface area (Å²) >= 11 is 0.